The van der Waals surface area contributed by atoms with Crippen molar-refractivity contribution in [2.24, 2.45) is 0 Å². The number of unbranched alkanes of at least 4 members (excludes halogenated alkanes) is 4. The molecule has 9 heteroatoms. The van der Waals surface area contributed by atoms with Gasteiger partial charge in [0.25, 0.3) is 0 Å². The summed E-state index contributed by atoms with van der Waals surface area (Å²) in [7, 11) is 0. The van der Waals surface area contributed by atoms with Crippen molar-refractivity contribution in [3.63, 3.8) is 0 Å². The summed E-state index contributed by atoms with van der Waals surface area (Å²) in [5.74, 6) is 1.22. The Kier molecular flexibility index (Phi) is 10.6. The van der Waals surface area contributed by atoms with E-state index in [4.69, 9.17) is 0 Å². The lowest BCUT2D eigenvalue weighted by Crippen LogP contribution is -2.36. The van der Waals surface area contributed by atoms with Crippen molar-refractivity contribution in [2.75, 3.05) is 23.3 Å². The van der Waals surface area contributed by atoms with Crippen LogP contribution in [-0.4, -0.2) is 58.4 Å². The number of nitrogens with one attached hydrogen (secondary N) is 4. The van der Waals surface area contributed by atoms with Gasteiger partial charge in [0, 0.05) is 30.5 Å². The van der Waals surface area contributed by atoms with Gasteiger partial charge in [0.2, 0.25) is 11.8 Å². The maximum Gasteiger partial charge on any atom is 0.315 e. The summed E-state index contributed by atoms with van der Waals surface area (Å²) in [6, 6.07) is 0.490. The Morgan fingerprint density at radius 3 is 2.41 bits per heavy atom. The zero-order valence-electron chi connectivity index (χ0n) is 15.7. The number of urea groups is 1. The van der Waals surface area contributed by atoms with Crippen molar-refractivity contribution in [1.82, 2.24) is 21.3 Å². The van der Waals surface area contributed by atoms with Gasteiger partial charge >= 0.3 is 6.03 Å². The Hall–Kier alpha value is -0.710. The second kappa shape index (κ2) is 12.7. The van der Waals surface area contributed by atoms with E-state index in [1.807, 2.05) is 11.8 Å². The fourth-order valence-electron chi connectivity index (χ4n) is 3.47. The molecule has 2 aliphatic rings. The highest BCUT2D eigenvalue weighted by Gasteiger charge is 2.42. The van der Waals surface area contributed by atoms with E-state index in [2.05, 4.69) is 43.9 Å². The first-order chi connectivity index (χ1) is 13.1. The molecule has 0 spiro atoms. The average Bonchev–Trinajstić information content (AvgIpc) is 3.20. The SMILES string of the molecule is O=C(CI)NCCCCCCNC(=O)CCCC[C@H]1SC[C@H]2NC(=O)N[C@@H]21. The summed E-state index contributed by atoms with van der Waals surface area (Å²) in [4.78, 5) is 34.3. The minimum atomic E-state index is -0.0416. The van der Waals surface area contributed by atoms with Crippen LogP contribution in [-0.2, 0) is 9.59 Å². The van der Waals surface area contributed by atoms with Crippen molar-refractivity contribution < 1.29 is 14.4 Å². The third kappa shape index (κ3) is 8.45. The summed E-state index contributed by atoms with van der Waals surface area (Å²) in [6.45, 7) is 1.48. The predicted octanol–water partition coefficient (Wildman–Crippen LogP) is 1.94. The molecule has 2 rings (SSSR count). The summed E-state index contributed by atoms with van der Waals surface area (Å²) >= 11 is 3.98. The van der Waals surface area contributed by atoms with E-state index in [9.17, 15) is 14.4 Å². The Balaban J connectivity index is 1.39. The zero-order chi connectivity index (χ0) is 19.5. The third-order valence-corrected chi connectivity index (χ3v) is 7.15. The molecule has 4 N–H and O–H groups in total. The van der Waals surface area contributed by atoms with Crippen LogP contribution in [0.2, 0.25) is 0 Å². The molecule has 7 nitrogen and oxygen atoms in total. The first-order valence-electron chi connectivity index (χ1n) is 9.88. The number of amides is 4. The quantitative estimate of drug-likeness (QED) is 0.132. The summed E-state index contributed by atoms with van der Waals surface area (Å²) in [5.41, 5.74) is 0. The molecule has 0 saturated carbocycles. The molecule has 2 fully saturated rings. The standard InChI is InChI=1S/C18H31IN4O3S/c19-11-16(25)21-10-6-2-1-5-9-20-15(24)8-4-3-7-14-17-13(12-27-14)22-18(26)23-17/h13-14,17H,1-12H2,(H,20,24)(H,21,25)(H2,22,23,26)/t13-,14-,17+/m1/s1. The van der Waals surface area contributed by atoms with Crippen LogP contribution >= 0.6 is 34.4 Å². The Morgan fingerprint density at radius 1 is 1.00 bits per heavy atom. The van der Waals surface area contributed by atoms with E-state index >= 15 is 0 Å². The van der Waals surface area contributed by atoms with Gasteiger partial charge in [-0.15, -0.1) is 0 Å². The molecule has 0 aromatic heterocycles. The molecule has 0 radical (unpaired) electrons. The van der Waals surface area contributed by atoms with E-state index in [0.29, 0.717) is 16.1 Å². The molecule has 0 unspecified atom stereocenters. The van der Waals surface area contributed by atoms with Gasteiger partial charge in [-0.05, 0) is 25.7 Å². The lowest BCUT2D eigenvalue weighted by atomic mass is 10.0. The molecular weight excluding hydrogens is 479 g/mol. The number of halogens is 1. The predicted molar refractivity (Wildman–Crippen MR) is 117 cm³/mol. The molecule has 2 heterocycles. The van der Waals surface area contributed by atoms with Crippen molar-refractivity contribution in [2.45, 2.75) is 68.7 Å². The molecule has 27 heavy (non-hydrogen) atoms. The first kappa shape index (κ1) is 22.6. The zero-order valence-corrected chi connectivity index (χ0v) is 18.7. The number of rotatable bonds is 13. The van der Waals surface area contributed by atoms with Crippen LogP contribution in [0.25, 0.3) is 0 Å². The Labute approximate surface area is 179 Å². The highest BCUT2D eigenvalue weighted by molar-refractivity contribution is 14.1. The molecule has 3 atom stereocenters. The van der Waals surface area contributed by atoms with Crippen molar-refractivity contribution in [3.8, 4) is 0 Å². The minimum Gasteiger partial charge on any atom is -0.356 e. The third-order valence-electron chi connectivity index (χ3n) is 4.95. The van der Waals surface area contributed by atoms with Crippen LogP contribution < -0.4 is 21.3 Å². The topological polar surface area (TPSA) is 99.3 Å². The van der Waals surface area contributed by atoms with E-state index in [1.54, 1.807) is 0 Å². The van der Waals surface area contributed by atoms with Gasteiger partial charge in [0.1, 0.15) is 0 Å². The minimum absolute atomic E-state index is 0.0416. The van der Waals surface area contributed by atoms with Crippen molar-refractivity contribution in [1.29, 1.82) is 0 Å². The van der Waals surface area contributed by atoms with E-state index in [1.165, 1.54) is 0 Å². The van der Waals surface area contributed by atoms with Crippen molar-refractivity contribution in [3.05, 3.63) is 0 Å². The molecule has 0 aromatic carbocycles. The van der Waals surface area contributed by atoms with E-state index in [0.717, 1.165) is 63.8 Å². The number of hydrogen-bond acceptors (Lipinski definition) is 4. The van der Waals surface area contributed by atoms with Gasteiger partial charge in [-0.2, -0.15) is 11.8 Å². The molecule has 4 amide bonds. The molecule has 0 aliphatic carbocycles. The molecule has 0 bridgehead atoms. The normalized spacial score (nSPS) is 23.4. The molecular formula is C18H31IN4O3S. The second-order valence-electron chi connectivity index (χ2n) is 7.12. The highest BCUT2D eigenvalue weighted by atomic mass is 127. The lowest BCUT2D eigenvalue weighted by molar-refractivity contribution is -0.121. The summed E-state index contributed by atoms with van der Waals surface area (Å²) in [5, 5.41) is 12.3. The smallest absolute Gasteiger partial charge is 0.315 e. The Bertz CT molecular complexity index is 509. The highest BCUT2D eigenvalue weighted by Crippen LogP contribution is 2.33. The van der Waals surface area contributed by atoms with Gasteiger partial charge in [-0.25, -0.2) is 4.79 Å². The van der Waals surface area contributed by atoms with Crippen LogP contribution in [0.4, 0.5) is 4.79 Å². The maximum absolute atomic E-state index is 11.9. The van der Waals surface area contributed by atoms with Gasteiger partial charge in [0.05, 0.1) is 16.5 Å². The number of thioether (sulfide) groups is 1. The van der Waals surface area contributed by atoms with E-state index in [-0.39, 0.29) is 29.9 Å². The summed E-state index contributed by atoms with van der Waals surface area (Å²) < 4.78 is 0.512. The van der Waals surface area contributed by atoms with Gasteiger partial charge < -0.3 is 21.3 Å². The monoisotopic (exact) mass is 510 g/mol. The summed E-state index contributed by atoms with van der Waals surface area (Å²) in [6.07, 6.45) is 7.68. The molecule has 2 aliphatic heterocycles. The fourth-order valence-corrected chi connectivity index (χ4v) is 5.28. The van der Waals surface area contributed by atoms with Crippen LogP contribution in [0.15, 0.2) is 0 Å². The van der Waals surface area contributed by atoms with Crippen LogP contribution in [0.1, 0.15) is 51.4 Å². The van der Waals surface area contributed by atoms with Crippen molar-refractivity contribution >= 4 is 52.2 Å². The average molecular weight is 510 g/mol. The molecule has 154 valence electrons. The largest absolute Gasteiger partial charge is 0.356 e. The number of fused-ring (bicyclic) bond motifs is 1. The molecule has 0 aromatic rings. The number of carbonyl (C=O) groups excluding carboxylic acids is 3. The number of hydrogen-bond donors (Lipinski definition) is 4. The van der Waals surface area contributed by atoms with Gasteiger partial charge in [-0.3, -0.25) is 9.59 Å². The van der Waals surface area contributed by atoms with Gasteiger partial charge in [0.15, 0.2) is 0 Å². The molecule has 2 saturated heterocycles. The fraction of sp³-hybridized carbons (Fsp3) is 0.833. The van der Waals surface area contributed by atoms with Gasteiger partial charge in [-0.1, -0.05) is 41.9 Å². The van der Waals surface area contributed by atoms with Crippen LogP contribution in [0.3, 0.4) is 0 Å². The Morgan fingerprint density at radius 2 is 1.70 bits per heavy atom. The first-order valence-corrected chi connectivity index (χ1v) is 12.5. The lowest BCUT2D eigenvalue weighted by Gasteiger charge is -2.16. The number of alkyl halides is 1. The van der Waals surface area contributed by atoms with E-state index < -0.39 is 0 Å². The maximum atomic E-state index is 11.9. The van der Waals surface area contributed by atoms with Crippen LogP contribution in [0, 0.1) is 0 Å². The van der Waals surface area contributed by atoms with Crippen LogP contribution in [0.5, 0.6) is 0 Å². The number of carbonyl (C=O) groups is 3. The second-order valence-corrected chi connectivity index (χ2v) is 9.15.